The molecule has 0 aliphatic carbocycles. The smallest absolute Gasteiger partial charge is 0.252 e. The van der Waals surface area contributed by atoms with Gasteiger partial charge in [-0.3, -0.25) is 0 Å². The summed E-state index contributed by atoms with van der Waals surface area (Å²) in [7, 11) is 0. The highest BCUT2D eigenvalue weighted by molar-refractivity contribution is 7.00. The molecule has 2 aliphatic heterocycles. The number of anilines is 6. The maximum absolute atomic E-state index is 10.5. The van der Waals surface area contributed by atoms with Gasteiger partial charge in [-0.25, -0.2) is 4.85 Å². The van der Waals surface area contributed by atoms with Crippen LogP contribution in [0.4, 0.5) is 39.8 Å². The van der Waals surface area contributed by atoms with Gasteiger partial charge in [-0.1, -0.05) is 271 Å². The van der Waals surface area contributed by atoms with Crippen molar-refractivity contribution < 1.29 is 0 Å². The van der Waals surface area contributed by atoms with Crippen LogP contribution in [0.25, 0.3) is 104 Å². The SMILES string of the molecule is [C-]#[N+]c1ccc(-c2cccc(-c3ccc(C(C)(C)C)cc3)c2N2c3cc(-n4c5ccccc5c5ccccc54)ccc3B3c4ccc(-n5c6ccccc6c6ccccc65)cc4N(c4c(-c5ccc(C#N)cc5)cc(C(C)(C)C)cc4-c4ccc(C(C)(C)C)cc4)c4cc(C(C)(C)C)cc2c43)cc1. The lowest BCUT2D eigenvalue weighted by molar-refractivity contribution is 0.590. The minimum Gasteiger partial charge on any atom is -0.310 e. The maximum Gasteiger partial charge on any atom is 0.252 e. The predicted octanol–water partition coefficient (Wildman–Crippen LogP) is 24.2. The van der Waals surface area contributed by atoms with Gasteiger partial charge in [-0.05, 0) is 167 Å². The Hall–Kier alpha value is -11.9. The highest BCUT2D eigenvalue weighted by Crippen LogP contribution is 2.55. The highest BCUT2D eigenvalue weighted by Gasteiger charge is 2.46. The zero-order chi connectivity index (χ0) is 71.2. The van der Waals surface area contributed by atoms with Crippen molar-refractivity contribution in [3.8, 4) is 62.0 Å². The average Bonchev–Trinajstić information content (AvgIpc) is 1.04. The number of hydrogen-bond donors (Lipinski definition) is 0. The van der Waals surface area contributed by atoms with E-state index in [2.05, 4.69) is 362 Å². The summed E-state index contributed by atoms with van der Waals surface area (Å²) in [5.41, 5.74) is 30.4. The largest absolute Gasteiger partial charge is 0.310 e. The molecule has 4 heterocycles. The third-order valence-electron chi connectivity index (χ3n) is 21.8. The van der Waals surface area contributed by atoms with Crippen LogP contribution in [0.3, 0.4) is 0 Å². The van der Waals surface area contributed by atoms with Gasteiger partial charge in [-0.15, -0.1) is 0 Å². The standard InChI is InChI=1S/C96H81BN6/c1-93(2,3)65-43-37-61(38-44-65)72-27-22-28-73(62-41-47-69(99-13)48-42-62)91(72)102-86-57-70(100-82-29-18-14-23-74(82)75-24-15-19-30-83(75)100)49-51-80(86)97-81-52-50-71(101-84-31-20-16-25-76(84)77-26-17-21-32-85(77)101)58-87(81)103(89-56-68(96(10,11)12)55-88(102)90(89)97)92-78(63-35-33-60(59-98)34-36-63)53-67(95(7,8)9)54-79(92)64-39-45-66(46-40-64)94(4,5)6/h14-58H,1-12H3. The molecule has 0 atom stereocenters. The van der Waals surface area contributed by atoms with E-state index in [-0.39, 0.29) is 28.4 Å². The summed E-state index contributed by atoms with van der Waals surface area (Å²) in [6.45, 7) is 35.6. The van der Waals surface area contributed by atoms with Crippen LogP contribution >= 0.6 is 0 Å². The van der Waals surface area contributed by atoms with Gasteiger partial charge >= 0.3 is 0 Å². The van der Waals surface area contributed by atoms with E-state index in [1.807, 2.05) is 24.3 Å². The van der Waals surface area contributed by atoms with Crippen molar-refractivity contribution in [1.29, 1.82) is 5.26 Å². The third kappa shape index (κ3) is 10.7. The molecule has 498 valence electrons. The Morgan fingerprint density at radius 2 is 0.670 bits per heavy atom. The molecule has 17 rings (SSSR count). The molecule has 2 aromatic heterocycles. The number of rotatable bonds is 8. The van der Waals surface area contributed by atoms with Crippen molar-refractivity contribution in [2.45, 2.75) is 105 Å². The fourth-order valence-corrected chi connectivity index (χ4v) is 16.3. The van der Waals surface area contributed by atoms with Crippen LogP contribution in [0.5, 0.6) is 0 Å². The second-order valence-corrected chi connectivity index (χ2v) is 32.4. The van der Waals surface area contributed by atoms with Crippen LogP contribution in [0.15, 0.2) is 273 Å². The van der Waals surface area contributed by atoms with Gasteiger partial charge in [0.1, 0.15) is 0 Å². The Bertz CT molecular complexity index is 5940. The second-order valence-electron chi connectivity index (χ2n) is 32.4. The second kappa shape index (κ2) is 23.9. The molecular formula is C96H81BN6. The quantitative estimate of drug-likeness (QED) is 0.112. The van der Waals surface area contributed by atoms with Gasteiger partial charge in [0, 0.05) is 77.9 Å². The highest BCUT2D eigenvalue weighted by atomic mass is 15.2. The van der Waals surface area contributed by atoms with Gasteiger partial charge in [0.05, 0.1) is 51.6 Å². The molecule has 2 aliphatic rings. The lowest BCUT2D eigenvalue weighted by atomic mass is 9.33. The first-order chi connectivity index (χ1) is 49.5. The number of benzene rings is 13. The summed E-state index contributed by atoms with van der Waals surface area (Å²) in [5.74, 6) is 0. The van der Waals surface area contributed by atoms with E-state index in [9.17, 15) is 5.26 Å². The number of nitrogens with zero attached hydrogens (tertiary/aromatic N) is 6. The van der Waals surface area contributed by atoms with Crippen molar-refractivity contribution in [1.82, 2.24) is 9.13 Å². The Morgan fingerprint density at radius 3 is 1.04 bits per heavy atom. The molecule has 0 saturated carbocycles. The summed E-state index contributed by atoms with van der Waals surface area (Å²) in [4.78, 5) is 9.23. The molecule has 13 aromatic carbocycles. The number of nitriles is 1. The molecule has 0 bridgehead atoms. The molecule has 15 aromatic rings. The van der Waals surface area contributed by atoms with Crippen LogP contribution in [0, 0.1) is 17.9 Å². The van der Waals surface area contributed by atoms with Crippen LogP contribution in [0.2, 0.25) is 0 Å². The van der Waals surface area contributed by atoms with Crippen molar-refractivity contribution >= 4 is 107 Å². The first-order valence-electron chi connectivity index (χ1n) is 36.1. The zero-order valence-electron chi connectivity index (χ0n) is 60.7. The number of aromatic nitrogens is 2. The van der Waals surface area contributed by atoms with E-state index in [0.29, 0.717) is 11.3 Å². The summed E-state index contributed by atoms with van der Waals surface area (Å²) in [6.07, 6.45) is 0. The van der Waals surface area contributed by atoms with Crippen LogP contribution < -0.4 is 26.2 Å². The third-order valence-corrected chi connectivity index (χ3v) is 21.8. The summed E-state index contributed by atoms with van der Waals surface area (Å²) >= 11 is 0. The van der Waals surface area contributed by atoms with Crippen LogP contribution in [0.1, 0.15) is 111 Å². The van der Waals surface area contributed by atoms with Crippen molar-refractivity contribution in [3.63, 3.8) is 0 Å². The van der Waals surface area contributed by atoms with E-state index >= 15 is 0 Å². The molecule has 103 heavy (non-hydrogen) atoms. The van der Waals surface area contributed by atoms with Crippen LogP contribution in [-0.2, 0) is 21.7 Å². The number of para-hydroxylation sites is 5. The molecule has 0 saturated heterocycles. The Balaban J connectivity index is 1.06. The average molecular weight is 1330 g/mol. The fourth-order valence-electron chi connectivity index (χ4n) is 16.3. The predicted molar refractivity (Wildman–Crippen MR) is 437 cm³/mol. The van der Waals surface area contributed by atoms with Crippen LogP contribution in [-0.4, -0.2) is 15.8 Å². The van der Waals surface area contributed by atoms with E-state index in [1.54, 1.807) is 0 Å². The topological polar surface area (TPSA) is 44.5 Å². The molecule has 6 nitrogen and oxygen atoms in total. The maximum atomic E-state index is 10.5. The number of fused-ring (bicyclic) bond motifs is 10. The number of hydrogen-bond acceptors (Lipinski definition) is 3. The summed E-state index contributed by atoms with van der Waals surface area (Å²) < 4.78 is 4.94. The van der Waals surface area contributed by atoms with Gasteiger partial charge in [0.2, 0.25) is 0 Å². The minimum atomic E-state index is -0.382. The van der Waals surface area contributed by atoms with Crippen molar-refractivity contribution in [3.05, 3.63) is 312 Å². The molecule has 0 amide bonds. The normalized spacial score (nSPS) is 13.0. The monoisotopic (exact) mass is 1330 g/mol. The Labute approximate surface area is 605 Å². The van der Waals surface area contributed by atoms with Crippen molar-refractivity contribution in [2.24, 2.45) is 0 Å². The first-order valence-corrected chi connectivity index (χ1v) is 36.1. The van der Waals surface area contributed by atoms with Gasteiger partial charge in [0.25, 0.3) is 6.71 Å². The lowest BCUT2D eigenvalue weighted by Gasteiger charge is -2.46. The molecule has 0 radical (unpaired) electrons. The molecule has 0 unspecified atom stereocenters. The molecule has 0 N–H and O–H groups in total. The molecule has 0 spiro atoms. The zero-order valence-corrected chi connectivity index (χ0v) is 60.7. The Morgan fingerprint density at radius 1 is 0.330 bits per heavy atom. The fraction of sp³-hybridized carbons (Fsp3) is 0.167. The minimum absolute atomic E-state index is 0.0699. The van der Waals surface area contributed by atoms with Gasteiger partial charge in [0.15, 0.2) is 5.69 Å². The van der Waals surface area contributed by atoms with E-state index in [1.165, 1.54) is 60.2 Å². The summed E-state index contributed by atoms with van der Waals surface area (Å²) in [6, 6.07) is 104. The molecular weight excluding hydrogens is 1250 g/mol. The Kier molecular flexibility index (Phi) is 14.9. The first kappa shape index (κ1) is 64.5. The van der Waals surface area contributed by atoms with E-state index in [4.69, 9.17) is 6.57 Å². The molecule has 7 heteroatoms. The van der Waals surface area contributed by atoms with E-state index < -0.39 is 0 Å². The van der Waals surface area contributed by atoms with Gasteiger partial charge in [-0.2, -0.15) is 5.26 Å². The summed E-state index contributed by atoms with van der Waals surface area (Å²) in [5, 5.41) is 15.3. The van der Waals surface area contributed by atoms with E-state index in [0.717, 1.165) is 112 Å². The van der Waals surface area contributed by atoms with Crippen molar-refractivity contribution in [2.75, 3.05) is 9.80 Å². The molecule has 0 fully saturated rings. The van der Waals surface area contributed by atoms with Gasteiger partial charge < -0.3 is 18.9 Å². The lowest BCUT2D eigenvalue weighted by Crippen LogP contribution is -2.61.